The van der Waals surface area contributed by atoms with Crippen LogP contribution in [0.1, 0.15) is 32.3 Å². The second-order valence-corrected chi connectivity index (χ2v) is 7.98. The molecule has 2 aromatic rings. The standard InChI is InChI=1S/C21H22Cl2N2O3/c1-21(2,14-7-8-15(22)16(23)13-14)24-19(26)9-10-20(27)25-11-12-28-18-6-4-3-5-17(18)25/h3-8,13H,9-12H2,1-2H3,(H,24,26). The summed E-state index contributed by atoms with van der Waals surface area (Å²) in [6, 6.07) is 12.7. The van der Waals surface area contributed by atoms with Crippen molar-refractivity contribution in [3.05, 3.63) is 58.1 Å². The average Bonchev–Trinajstić information content (AvgIpc) is 2.67. The van der Waals surface area contributed by atoms with Crippen LogP contribution in [0.4, 0.5) is 5.69 Å². The van der Waals surface area contributed by atoms with Gasteiger partial charge >= 0.3 is 0 Å². The number of nitrogens with one attached hydrogen (secondary N) is 1. The summed E-state index contributed by atoms with van der Waals surface area (Å²) in [6.07, 6.45) is 0.223. The van der Waals surface area contributed by atoms with E-state index in [1.807, 2.05) is 44.2 Å². The molecule has 0 aliphatic carbocycles. The third kappa shape index (κ3) is 4.59. The van der Waals surface area contributed by atoms with Crippen LogP contribution >= 0.6 is 23.2 Å². The number of hydrogen-bond donors (Lipinski definition) is 1. The number of fused-ring (bicyclic) bond motifs is 1. The van der Waals surface area contributed by atoms with Crippen molar-refractivity contribution >= 4 is 40.7 Å². The molecule has 1 aliphatic heterocycles. The minimum Gasteiger partial charge on any atom is -0.490 e. The number of carbonyl (C=O) groups excluding carboxylic acids is 2. The molecule has 0 saturated carbocycles. The summed E-state index contributed by atoms with van der Waals surface area (Å²) in [5, 5.41) is 3.86. The second-order valence-electron chi connectivity index (χ2n) is 7.16. The molecule has 3 rings (SSSR count). The fraction of sp³-hybridized carbons (Fsp3) is 0.333. The van der Waals surface area contributed by atoms with E-state index in [1.54, 1.807) is 17.0 Å². The Balaban J connectivity index is 1.60. The molecule has 0 radical (unpaired) electrons. The van der Waals surface area contributed by atoms with E-state index in [2.05, 4.69) is 5.32 Å². The number of rotatable bonds is 5. The summed E-state index contributed by atoms with van der Waals surface area (Å²) >= 11 is 12.0. The van der Waals surface area contributed by atoms with E-state index in [-0.39, 0.29) is 24.7 Å². The molecule has 1 N–H and O–H groups in total. The molecule has 2 aromatic carbocycles. The predicted octanol–water partition coefficient (Wildman–Crippen LogP) is 4.55. The Morgan fingerprint density at radius 3 is 2.61 bits per heavy atom. The zero-order chi connectivity index (χ0) is 20.3. The van der Waals surface area contributed by atoms with Crippen LogP contribution in [0, 0.1) is 0 Å². The number of benzene rings is 2. The second kappa shape index (κ2) is 8.41. The van der Waals surface area contributed by atoms with Crippen molar-refractivity contribution in [2.75, 3.05) is 18.1 Å². The molecule has 0 spiro atoms. The summed E-state index contributed by atoms with van der Waals surface area (Å²) in [4.78, 5) is 26.8. The smallest absolute Gasteiger partial charge is 0.227 e. The normalized spacial score (nSPS) is 13.5. The SMILES string of the molecule is CC(C)(NC(=O)CCC(=O)N1CCOc2ccccc21)c1ccc(Cl)c(Cl)c1. The van der Waals surface area contributed by atoms with Crippen LogP contribution in [-0.4, -0.2) is 25.0 Å². The van der Waals surface area contributed by atoms with E-state index in [1.165, 1.54) is 0 Å². The number of ether oxygens (including phenoxy) is 1. The zero-order valence-corrected chi connectivity index (χ0v) is 17.3. The summed E-state index contributed by atoms with van der Waals surface area (Å²) in [5.41, 5.74) is 0.943. The lowest BCUT2D eigenvalue weighted by atomic mass is 9.94. The van der Waals surface area contributed by atoms with Gasteiger partial charge < -0.3 is 15.0 Å². The lowest BCUT2D eigenvalue weighted by Crippen LogP contribution is -2.42. The summed E-state index contributed by atoms with van der Waals surface area (Å²) in [6.45, 7) is 4.68. The van der Waals surface area contributed by atoms with Crippen molar-refractivity contribution in [2.24, 2.45) is 0 Å². The van der Waals surface area contributed by atoms with E-state index >= 15 is 0 Å². The predicted molar refractivity (Wildman–Crippen MR) is 111 cm³/mol. The fourth-order valence-electron chi connectivity index (χ4n) is 3.15. The van der Waals surface area contributed by atoms with Crippen molar-refractivity contribution in [1.29, 1.82) is 0 Å². The van der Waals surface area contributed by atoms with Gasteiger partial charge in [0.15, 0.2) is 0 Å². The van der Waals surface area contributed by atoms with Crippen molar-refractivity contribution in [1.82, 2.24) is 5.32 Å². The van der Waals surface area contributed by atoms with E-state index in [9.17, 15) is 9.59 Å². The molecular weight excluding hydrogens is 399 g/mol. The highest BCUT2D eigenvalue weighted by molar-refractivity contribution is 6.42. The molecule has 7 heteroatoms. The van der Waals surface area contributed by atoms with Gasteiger partial charge in [-0.15, -0.1) is 0 Å². The Hall–Kier alpha value is -2.24. The van der Waals surface area contributed by atoms with Gasteiger partial charge in [-0.2, -0.15) is 0 Å². The van der Waals surface area contributed by atoms with Crippen molar-refractivity contribution in [2.45, 2.75) is 32.2 Å². The van der Waals surface area contributed by atoms with Gasteiger partial charge in [0, 0.05) is 12.8 Å². The number of amides is 2. The Kier molecular flexibility index (Phi) is 6.16. The van der Waals surface area contributed by atoms with E-state index in [4.69, 9.17) is 27.9 Å². The maximum atomic E-state index is 12.6. The van der Waals surface area contributed by atoms with Crippen LogP contribution in [0.5, 0.6) is 5.75 Å². The average molecular weight is 421 g/mol. The van der Waals surface area contributed by atoms with Crippen LogP contribution in [0.2, 0.25) is 10.0 Å². The summed E-state index contributed by atoms with van der Waals surface area (Å²) in [7, 11) is 0. The summed E-state index contributed by atoms with van der Waals surface area (Å²) < 4.78 is 5.57. The van der Waals surface area contributed by atoms with Crippen molar-refractivity contribution < 1.29 is 14.3 Å². The van der Waals surface area contributed by atoms with Crippen molar-refractivity contribution in [3.63, 3.8) is 0 Å². The molecule has 1 aliphatic rings. The molecule has 1 heterocycles. The third-order valence-corrected chi connectivity index (χ3v) is 5.43. The van der Waals surface area contributed by atoms with Gasteiger partial charge in [-0.25, -0.2) is 0 Å². The number of anilines is 1. The van der Waals surface area contributed by atoms with Gasteiger partial charge in [-0.3, -0.25) is 9.59 Å². The van der Waals surface area contributed by atoms with E-state index < -0.39 is 5.54 Å². The molecule has 2 amide bonds. The highest BCUT2D eigenvalue weighted by atomic mass is 35.5. The molecule has 28 heavy (non-hydrogen) atoms. The Morgan fingerprint density at radius 1 is 1.11 bits per heavy atom. The highest BCUT2D eigenvalue weighted by Gasteiger charge is 2.26. The monoisotopic (exact) mass is 420 g/mol. The first-order valence-electron chi connectivity index (χ1n) is 9.06. The van der Waals surface area contributed by atoms with Gasteiger partial charge in [-0.05, 0) is 43.7 Å². The largest absolute Gasteiger partial charge is 0.490 e. The summed E-state index contributed by atoms with van der Waals surface area (Å²) in [5.74, 6) is 0.386. The maximum absolute atomic E-state index is 12.6. The first kappa shape index (κ1) is 20.5. The molecular formula is C21H22Cl2N2O3. The van der Waals surface area contributed by atoms with Gasteiger partial charge in [-0.1, -0.05) is 41.4 Å². The molecule has 0 atom stereocenters. The molecule has 0 bridgehead atoms. The van der Waals surface area contributed by atoms with E-state index in [0.29, 0.717) is 28.9 Å². The quantitative estimate of drug-likeness (QED) is 0.771. The van der Waals surface area contributed by atoms with Crippen LogP contribution in [0.15, 0.2) is 42.5 Å². The Morgan fingerprint density at radius 2 is 1.86 bits per heavy atom. The number of para-hydroxylation sites is 2. The maximum Gasteiger partial charge on any atom is 0.227 e. The molecule has 0 unspecified atom stereocenters. The van der Waals surface area contributed by atoms with Gasteiger partial charge in [0.05, 0.1) is 27.8 Å². The first-order chi connectivity index (χ1) is 13.3. The Bertz CT molecular complexity index is 899. The molecule has 5 nitrogen and oxygen atoms in total. The molecule has 148 valence electrons. The highest BCUT2D eigenvalue weighted by Crippen LogP contribution is 2.32. The molecule has 0 fully saturated rings. The van der Waals surface area contributed by atoms with Crippen LogP contribution < -0.4 is 15.0 Å². The van der Waals surface area contributed by atoms with Gasteiger partial charge in [0.1, 0.15) is 12.4 Å². The number of nitrogens with zero attached hydrogens (tertiary/aromatic N) is 1. The third-order valence-electron chi connectivity index (χ3n) is 4.69. The lowest BCUT2D eigenvalue weighted by Gasteiger charge is -2.30. The minimum absolute atomic E-state index is 0.0988. The number of hydrogen-bond acceptors (Lipinski definition) is 3. The zero-order valence-electron chi connectivity index (χ0n) is 15.8. The number of carbonyl (C=O) groups is 2. The molecule has 0 saturated heterocycles. The van der Waals surface area contributed by atoms with Crippen molar-refractivity contribution in [3.8, 4) is 5.75 Å². The molecule has 0 aromatic heterocycles. The fourth-order valence-corrected chi connectivity index (χ4v) is 3.45. The van der Waals surface area contributed by atoms with Crippen LogP contribution in [0.25, 0.3) is 0 Å². The van der Waals surface area contributed by atoms with E-state index in [0.717, 1.165) is 11.3 Å². The van der Waals surface area contributed by atoms with Crippen LogP contribution in [0.3, 0.4) is 0 Å². The first-order valence-corrected chi connectivity index (χ1v) is 9.82. The van der Waals surface area contributed by atoms with Crippen LogP contribution in [-0.2, 0) is 15.1 Å². The topological polar surface area (TPSA) is 58.6 Å². The lowest BCUT2D eigenvalue weighted by molar-refractivity contribution is -0.126. The Labute approximate surface area is 174 Å². The van der Waals surface area contributed by atoms with Gasteiger partial charge in [0.2, 0.25) is 11.8 Å². The number of halogens is 2. The van der Waals surface area contributed by atoms with Gasteiger partial charge in [0.25, 0.3) is 0 Å². The minimum atomic E-state index is -0.639.